The maximum absolute atomic E-state index is 12.1. The van der Waals surface area contributed by atoms with E-state index in [1.807, 2.05) is 12.1 Å². The Morgan fingerprint density at radius 1 is 1.31 bits per heavy atom. The average Bonchev–Trinajstić information content (AvgIpc) is 2.60. The summed E-state index contributed by atoms with van der Waals surface area (Å²) in [7, 11) is 0. The van der Waals surface area contributed by atoms with Gasteiger partial charge in [0.15, 0.2) is 6.61 Å². The molecule has 3 rings (SSSR count). The predicted octanol–water partition coefficient (Wildman–Crippen LogP) is 3.62. The Kier molecular flexibility index (Phi) is 8.90. The Morgan fingerprint density at radius 3 is 2.77 bits per heavy atom. The number of carbonyl (C=O) groups excluding carboxylic acids is 1. The van der Waals surface area contributed by atoms with Gasteiger partial charge in [-0.05, 0) is 55.6 Å². The monoisotopic (exact) mass is 419 g/mol. The van der Waals surface area contributed by atoms with Crippen molar-refractivity contribution in [2.75, 3.05) is 26.2 Å². The van der Waals surface area contributed by atoms with Gasteiger partial charge in [0.25, 0.3) is 5.91 Å². The maximum atomic E-state index is 12.1. The van der Waals surface area contributed by atoms with E-state index in [1.165, 1.54) is 0 Å². The number of piperidine rings is 1. The Hall–Kier alpha value is -1.27. The third kappa shape index (κ3) is 5.61. The lowest BCUT2D eigenvalue weighted by molar-refractivity contribution is -0.123. The predicted molar refractivity (Wildman–Crippen MR) is 110 cm³/mol. The molecule has 5 nitrogen and oxygen atoms in total. The highest BCUT2D eigenvalue weighted by atomic mass is 35.5. The van der Waals surface area contributed by atoms with Gasteiger partial charge in [-0.25, -0.2) is 0 Å². The smallest absolute Gasteiger partial charge is 0.257 e. The summed E-state index contributed by atoms with van der Waals surface area (Å²) in [5, 5.41) is 7.76. The summed E-state index contributed by atoms with van der Waals surface area (Å²) < 4.78 is 5.66. The standard InChI is InChI=1S/C18H22ClN3O2.2ClH/c1-18(6-9-20-10-7-18)12-22-16(23)11-24-15-5-4-14(19)13-3-2-8-21-17(13)15;;/h2-5,8,20H,6-7,9-12H2,1H3,(H,22,23);2*1H. The number of amides is 1. The van der Waals surface area contributed by atoms with E-state index in [-0.39, 0.29) is 42.7 Å². The third-order valence-corrected chi connectivity index (χ3v) is 4.89. The first-order valence-corrected chi connectivity index (χ1v) is 8.59. The largest absolute Gasteiger partial charge is 0.481 e. The van der Waals surface area contributed by atoms with Crippen molar-refractivity contribution in [3.05, 3.63) is 35.5 Å². The number of aromatic nitrogens is 1. The minimum absolute atomic E-state index is 0. The van der Waals surface area contributed by atoms with Crippen molar-refractivity contribution in [3.8, 4) is 5.75 Å². The molecule has 0 bridgehead atoms. The van der Waals surface area contributed by atoms with E-state index in [2.05, 4.69) is 22.5 Å². The van der Waals surface area contributed by atoms with Crippen LogP contribution in [0.3, 0.4) is 0 Å². The van der Waals surface area contributed by atoms with Gasteiger partial charge in [0.2, 0.25) is 0 Å². The van der Waals surface area contributed by atoms with Crippen LogP contribution in [0.15, 0.2) is 30.5 Å². The number of hydrogen-bond acceptors (Lipinski definition) is 4. The second kappa shape index (κ2) is 10.2. The molecule has 0 radical (unpaired) electrons. The van der Waals surface area contributed by atoms with E-state index in [0.717, 1.165) is 31.3 Å². The molecule has 1 fully saturated rings. The molecule has 1 aliphatic heterocycles. The zero-order valence-corrected chi connectivity index (χ0v) is 17.0. The molecule has 1 aromatic heterocycles. The lowest BCUT2D eigenvalue weighted by atomic mass is 9.81. The molecule has 144 valence electrons. The lowest BCUT2D eigenvalue weighted by Crippen LogP contribution is -2.43. The summed E-state index contributed by atoms with van der Waals surface area (Å²) in [5.41, 5.74) is 0.832. The van der Waals surface area contributed by atoms with Crippen LogP contribution >= 0.6 is 36.4 Å². The highest BCUT2D eigenvalue weighted by molar-refractivity contribution is 6.35. The third-order valence-electron chi connectivity index (χ3n) is 4.56. The number of fused-ring (bicyclic) bond motifs is 1. The average molecular weight is 421 g/mol. The summed E-state index contributed by atoms with van der Waals surface area (Å²) in [5.74, 6) is 0.451. The molecule has 2 aromatic rings. The van der Waals surface area contributed by atoms with Crippen molar-refractivity contribution in [1.82, 2.24) is 15.6 Å². The van der Waals surface area contributed by atoms with Crippen LogP contribution in [-0.4, -0.2) is 37.1 Å². The van der Waals surface area contributed by atoms with Crippen molar-refractivity contribution < 1.29 is 9.53 Å². The number of carbonyl (C=O) groups is 1. The normalized spacial score (nSPS) is 15.5. The Labute approximate surface area is 171 Å². The van der Waals surface area contributed by atoms with Crippen LogP contribution in [0.4, 0.5) is 0 Å². The number of nitrogens with one attached hydrogen (secondary N) is 2. The van der Waals surface area contributed by atoms with Gasteiger partial charge in [-0.2, -0.15) is 0 Å². The van der Waals surface area contributed by atoms with E-state index in [1.54, 1.807) is 18.3 Å². The fourth-order valence-corrected chi connectivity index (χ4v) is 3.16. The van der Waals surface area contributed by atoms with Crippen molar-refractivity contribution in [3.63, 3.8) is 0 Å². The molecule has 2 heterocycles. The molecule has 1 saturated heterocycles. The molecular weight excluding hydrogens is 397 g/mol. The maximum Gasteiger partial charge on any atom is 0.257 e. The summed E-state index contributed by atoms with van der Waals surface area (Å²) in [4.78, 5) is 16.4. The summed E-state index contributed by atoms with van der Waals surface area (Å²) in [6.07, 6.45) is 3.82. The van der Waals surface area contributed by atoms with Crippen LogP contribution in [0, 0.1) is 5.41 Å². The zero-order chi connectivity index (χ0) is 17.0. The van der Waals surface area contributed by atoms with Crippen LogP contribution in [0.25, 0.3) is 10.9 Å². The first kappa shape index (κ1) is 22.8. The van der Waals surface area contributed by atoms with Gasteiger partial charge in [0, 0.05) is 18.1 Å². The zero-order valence-electron chi connectivity index (χ0n) is 14.6. The number of hydrogen-bond donors (Lipinski definition) is 2. The number of ether oxygens (including phenoxy) is 1. The molecule has 26 heavy (non-hydrogen) atoms. The van der Waals surface area contributed by atoms with Crippen molar-refractivity contribution >= 4 is 53.2 Å². The summed E-state index contributed by atoms with van der Waals surface area (Å²) >= 11 is 6.16. The molecule has 2 N–H and O–H groups in total. The molecule has 0 atom stereocenters. The second-order valence-corrected chi connectivity index (χ2v) is 6.98. The molecule has 0 spiro atoms. The van der Waals surface area contributed by atoms with E-state index in [0.29, 0.717) is 22.8 Å². The van der Waals surface area contributed by atoms with E-state index < -0.39 is 0 Å². The molecule has 1 amide bonds. The summed E-state index contributed by atoms with van der Waals surface area (Å²) in [6, 6.07) is 7.22. The minimum atomic E-state index is -0.117. The first-order valence-electron chi connectivity index (χ1n) is 8.21. The van der Waals surface area contributed by atoms with Crippen molar-refractivity contribution in [2.24, 2.45) is 5.41 Å². The van der Waals surface area contributed by atoms with Crippen LogP contribution in [0.1, 0.15) is 19.8 Å². The van der Waals surface area contributed by atoms with Crippen LogP contribution < -0.4 is 15.4 Å². The Morgan fingerprint density at radius 2 is 2.04 bits per heavy atom. The molecular formula is C18H24Cl3N3O2. The van der Waals surface area contributed by atoms with E-state index in [9.17, 15) is 4.79 Å². The van der Waals surface area contributed by atoms with Crippen molar-refractivity contribution in [2.45, 2.75) is 19.8 Å². The van der Waals surface area contributed by atoms with Gasteiger partial charge >= 0.3 is 0 Å². The highest BCUT2D eigenvalue weighted by Crippen LogP contribution is 2.29. The van der Waals surface area contributed by atoms with E-state index >= 15 is 0 Å². The topological polar surface area (TPSA) is 63.2 Å². The quantitative estimate of drug-likeness (QED) is 0.775. The van der Waals surface area contributed by atoms with Crippen LogP contribution in [0.2, 0.25) is 5.02 Å². The van der Waals surface area contributed by atoms with Gasteiger partial charge < -0.3 is 15.4 Å². The van der Waals surface area contributed by atoms with Gasteiger partial charge in [0.05, 0.1) is 5.02 Å². The molecule has 1 aromatic carbocycles. The lowest BCUT2D eigenvalue weighted by Gasteiger charge is -2.34. The molecule has 8 heteroatoms. The Bertz CT molecular complexity index is 737. The first-order chi connectivity index (χ1) is 11.6. The number of pyridine rings is 1. The van der Waals surface area contributed by atoms with Crippen LogP contribution in [-0.2, 0) is 4.79 Å². The van der Waals surface area contributed by atoms with Gasteiger partial charge in [-0.3, -0.25) is 9.78 Å². The molecule has 0 aliphatic carbocycles. The van der Waals surface area contributed by atoms with Crippen molar-refractivity contribution in [1.29, 1.82) is 0 Å². The minimum Gasteiger partial charge on any atom is -0.481 e. The Balaban J connectivity index is 0.00000169. The number of rotatable bonds is 5. The number of benzene rings is 1. The van der Waals surface area contributed by atoms with E-state index in [4.69, 9.17) is 16.3 Å². The number of halogens is 3. The van der Waals surface area contributed by atoms with Gasteiger partial charge in [-0.1, -0.05) is 18.5 Å². The second-order valence-electron chi connectivity index (χ2n) is 6.57. The molecule has 0 unspecified atom stereocenters. The SMILES string of the molecule is CC1(CNC(=O)COc2ccc(Cl)c3cccnc23)CCNCC1.Cl.Cl. The number of nitrogens with zero attached hydrogens (tertiary/aromatic N) is 1. The van der Waals surface area contributed by atoms with Crippen LogP contribution in [0.5, 0.6) is 5.75 Å². The van der Waals surface area contributed by atoms with Gasteiger partial charge in [0.1, 0.15) is 11.3 Å². The molecule has 0 saturated carbocycles. The fraction of sp³-hybridized carbons (Fsp3) is 0.444. The molecule has 1 aliphatic rings. The van der Waals surface area contributed by atoms with Gasteiger partial charge in [-0.15, -0.1) is 24.8 Å². The highest BCUT2D eigenvalue weighted by Gasteiger charge is 2.27. The fourth-order valence-electron chi connectivity index (χ4n) is 2.94. The summed E-state index contributed by atoms with van der Waals surface area (Å²) in [6.45, 7) is 4.88.